The van der Waals surface area contributed by atoms with E-state index >= 15 is 0 Å². The first-order valence-electron chi connectivity index (χ1n) is 10.9. The second kappa shape index (κ2) is 10.2. The van der Waals surface area contributed by atoms with Gasteiger partial charge in [0.15, 0.2) is 0 Å². The Kier molecular flexibility index (Phi) is 7.71. The molecule has 3 rings (SSSR count). The molecule has 1 amide bonds. The minimum Gasteiger partial charge on any atom is -0.352 e. The van der Waals surface area contributed by atoms with Crippen molar-refractivity contribution in [3.63, 3.8) is 0 Å². The van der Waals surface area contributed by atoms with Crippen LogP contribution in [0.4, 0.5) is 0 Å². The molecule has 1 aromatic rings. The van der Waals surface area contributed by atoms with Crippen LogP contribution in [0.25, 0.3) is 0 Å². The third-order valence-electron chi connectivity index (χ3n) is 6.38. The van der Waals surface area contributed by atoms with Gasteiger partial charge in [-0.3, -0.25) is 9.69 Å². The van der Waals surface area contributed by atoms with Gasteiger partial charge >= 0.3 is 0 Å². The molecule has 0 bridgehead atoms. The second-order valence-corrected chi connectivity index (χ2v) is 8.82. The van der Waals surface area contributed by atoms with Gasteiger partial charge in [-0.1, -0.05) is 38.1 Å². The van der Waals surface area contributed by atoms with Crippen LogP contribution in [0, 0.1) is 17.8 Å². The first-order valence-corrected chi connectivity index (χ1v) is 10.9. The summed E-state index contributed by atoms with van der Waals surface area (Å²) < 4.78 is 0. The minimum absolute atomic E-state index is 0.189. The van der Waals surface area contributed by atoms with Crippen molar-refractivity contribution in [1.29, 1.82) is 0 Å². The fourth-order valence-electron chi connectivity index (χ4n) is 4.64. The summed E-state index contributed by atoms with van der Waals surface area (Å²) in [5.41, 5.74) is 2.62. The fourth-order valence-corrected chi connectivity index (χ4v) is 4.64. The van der Waals surface area contributed by atoms with Gasteiger partial charge in [-0.25, -0.2) is 0 Å². The highest BCUT2D eigenvalue weighted by molar-refractivity contribution is 5.76. The number of likely N-dealkylation sites (tertiary alicyclic amines) is 1. The Morgan fingerprint density at radius 2 is 2.07 bits per heavy atom. The number of carbonyl (C=O) groups is 1. The lowest BCUT2D eigenvalue weighted by Gasteiger charge is -2.31. The molecule has 2 fully saturated rings. The van der Waals surface area contributed by atoms with E-state index in [0.717, 1.165) is 25.6 Å². The molecule has 4 heteroatoms. The van der Waals surface area contributed by atoms with Crippen molar-refractivity contribution in [2.24, 2.45) is 17.8 Å². The van der Waals surface area contributed by atoms with Gasteiger partial charge < -0.3 is 10.6 Å². The van der Waals surface area contributed by atoms with E-state index in [9.17, 15) is 4.79 Å². The van der Waals surface area contributed by atoms with E-state index in [-0.39, 0.29) is 5.91 Å². The van der Waals surface area contributed by atoms with Gasteiger partial charge in [0.2, 0.25) is 5.91 Å². The molecule has 2 aliphatic heterocycles. The van der Waals surface area contributed by atoms with Gasteiger partial charge in [-0.2, -0.15) is 0 Å². The fraction of sp³-hybridized carbons (Fsp3) is 0.696. The Morgan fingerprint density at radius 1 is 1.26 bits per heavy atom. The molecule has 0 aromatic heterocycles. The van der Waals surface area contributed by atoms with E-state index in [1.807, 2.05) is 0 Å². The highest BCUT2D eigenvalue weighted by atomic mass is 16.1. The summed E-state index contributed by atoms with van der Waals surface area (Å²) in [6, 6.07) is 8.58. The van der Waals surface area contributed by atoms with E-state index in [1.54, 1.807) is 0 Å². The first kappa shape index (κ1) is 20.3. The van der Waals surface area contributed by atoms with Crippen molar-refractivity contribution in [2.45, 2.75) is 59.0 Å². The Labute approximate surface area is 165 Å². The number of hydrogen-bond donors (Lipinski definition) is 2. The lowest BCUT2D eigenvalue weighted by molar-refractivity contribution is -0.122. The largest absolute Gasteiger partial charge is 0.352 e. The Morgan fingerprint density at radius 3 is 2.81 bits per heavy atom. The van der Waals surface area contributed by atoms with Gasteiger partial charge in [0.25, 0.3) is 0 Å². The highest BCUT2D eigenvalue weighted by Crippen LogP contribution is 2.23. The van der Waals surface area contributed by atoms with Crippen molar-refractivity contribution in [1.82, 2.24) is 15.5 Å². The molecular weight excluding hydrogens is 334 g/mol. The van der Waals surface area contributed by atoms with Crippen molar-refractivity contribution >= 4 is 5.91 Å². The predicted molar refractivity (Wildman–Crippen MR) is 111 cm³/mol. The number of rotatable bonds is 7. The number of nitrogens with zero attached hydrogens (tertiary/aromatic N) is 1. The molecule has 1 aromatic carbocycles. The summed E-state index contributed by atoms with van der Waals surface area (Å²) in [5, 5.41) is 6.64. The summed E-state index contributed by atoms with van der Waals surface area (Å²) in [7, 11) is 0. The lowest BCUT2D eigenvalue weighted by atomic mass is 9.85. The topological polar surface area (TPSA) is 44.4 Å². The average Bonchev–Trinajstić information content (AvgIpc) is 2.68. The zero-order valence-electron chi connectivity index (χ0n) is 17.2. The molecule has 0 radical (unpaired) electrons. The van der Waals surface area contributed by atoms with Crippen LogP contribution in [0.1, 0.15) is 57.1 Å². The Hall–Kier alpha value is -1.39. The summed E-state index contributed by atoms with van der Waals surface area (Å²) >= 11 is 0. The average molecular weight is 372 g/mol. The maximum absolute atomic E-state index is 12.5. The van der Waals surface area contributed by atoms with Gasteiger partial charge in [0.05, 0.1) is 0 Å². The molecule has 27 heavy (non-hydrogen) atoms. The molecule has 0 spiro atoms. The van der Waals surface area contributed by atoms with Crippen LogP contribution in [-0.2, 0) is 17.9 Å². The zero-order chi connectivity index (χ0) is 19.1. The molecule has 2 N–H and O–H groups in total. The normalized spacial score (nSPS) is 25.1. The highest BCUT2D eigenvalue weighted by Gasteiger charge is 2.22. The molecule has 0 aliphatic carbocycles. The molecule has 3 atom stereocenters. The van der Waals surface area contributed by atoms with E-state index in [2.05, 4.69) is 53.6 Å². The first-order chi connectivity index (χ1) is 13.1. The van der Waals surface area contributed by atoms with Crippen LogP contribution in [0.5, 0.6) is 0 Å². The summed E-state index contributed by atoms with van der Waals surface area (Å²) in [6.45, 7) is 10.8. The molecule has 2 heterocycles. The van der Waals surface area contributed by atoms with Crippen molar-refractivity contribution in [2.75, 3.05) is 26.2 Å². The number of hydrogen-bond acceptors (Lipinski definition) is 3. The van der Waals surface area contributed by atoms with Crippen LogP contribution in [-0.4, -0.2) is 37.0 Å². The monoisotopic (exact) mass is 371 g/mol. The van der Waals surface area contributed by atoms with Crippen LogP contribution in [0.3, 0.4) is 0 Å². The quantitative estimate of drug-likeness (QED) is 0.770. The molecule has 150 valence electrons. The molecule has 4 nitrogen and oxygen atoms in total. The van der Waals surface area contributed by atoms with E-state index in [0.29, 0.717) is 24.8 Å². The van der Waals surface area contributed by atoms with Crippen LogP contribution in [0.15, 0.2) is 24.3 Å². The number of benzene rings is 1. The van der Waals surface area contributed by atoms with E-state index < -0.39 is 0 Å². The Bertz CT molecular complexity index is 597. The minimum atomic E-state index is 0.189. The summed E-state index contributed by atoms with van der Waals surface area (Å²) in [5.74, 6) is 2.07. The summed E-state index contributed by atoms with van der Waals surface area (Å²) in [6.07, 6.45) is 5.77. The SMILES string of the molecule is CC1CCCN(Cc2ccccc2CNC(=O)CC(C)C2CCCNC2)C1. The number of nitrogens with one attached hydrogen (secondary N) is 2. The smallest absolute Gasteiger partial charge is 0.220 e. The lowest BCUT2D eigenvalue weighted by Crippen LogP contribution is -2.36. The molecule has 3 unspecified atom stereocenters. The second-order valence-electron chi connectivity index (χ2n) is 8.82. The van der Waals surface area contributed by atoms with Crippen molar-refractivity contribution < 1.29 is 4.79 Å². The van der Waals surface area contributed by atoms with Gasteiger partial charge in [0, 0.05) is 26.1 Å². The van der Waals surface area contributed by atoms with Gasteiger partial charge in [0.1, 0.15) is 0 Å². The molecule has 2 saturated heterocycles. The standard InChI is InChI=1S/C23H37N3O/c1-18-7-6-12-26(16-18)17-22-9-4-3-8-21(22)15-25-23(27)13-19(2)20-10-5-11-24-14-20/h3-4,8-9,18-20,24H,5-7,10-17H2,1-2H3,(H,25,27). The van der Waals surface area contributed by atoms with Gasteiger partial charge in [-0.15, -0.1) is 0 Å². The van der Waals surface area contributed by atoms with Crippen molar-refractivity contribution in [3.05, 3.63) is 35.4 Å². The van der Waals surface area contributed by atoms with Crippen LogP contribution in [0.2, 0.25) is 0 Å². The maximum atomic E-state index is 12.5. The Balaban J connectivity index is 1.49. The number of piperidine rings is 2. The third-order valence-corrected chi connectivity index (χ3v) is 6.38. The van der Waals surface area contributed by atoms with Gasteiger partial charge in [-0.05, 0) is 74.2 Å². The van der Waals surface area contributed by atoms with E-state index in [1.165, 1.54) is 49.9 Å². The number of carbonyl (C=O) groups excluding carboxylic acids is 1. The maximum Gasteiger partial charge on any atom is 0.220 e. The molecule has 0 saturated carbocycles. The number of amides is 1. The molecule has 2 aliphatic rings. The zero-order valence-corrected chi connectivity index (χ0v) is 17.2. The van der Waals surface area contributed by atoms with E-state index in [4.69, 9.17) is 0 Å². The van der Waals surface area contributed by atoms with Crippen molar-refractivity contribution in [3.8, 4) is 0 Å². The molecular formula is C23H37N3O. The summed E-state index contributed by atoms with van der Waals surface area (Å²) in [4.78, 5) is 15.0. The predicted octanol–water partition coefficient (Wildman–Crippen LogP) is 3.56. The third kappa shape index (κ3) is 6.32. The van der Waals surface area contributed by atoms with Crippen LogP contribution >= 0.6 is 0 Å². The van der Waals surface area contributed by atoms with Crippen LogP contribution < -0.4 is 10.6 Å².